The van der Waals surface area contributed by atoms with Crippen molar-refractivity contribution in [2.24, 2.45) is 0 Å². The summed E-state index contributed by atoms with van der Waals surface area (Å²) in [5.74, 6) is 0.317. The number of aromatic nitrogens is 4. The van der Waals surface area contributed by atoms with Crippen molar-refractivity contribution in [3.63, 3.8) is 0 Å². The second-order valence-electron chi connectivity index (χ2n) is 13.7. The van der Waals surface area contributed by atoms with Gasteiger partial charge in [-0.15, -0.1) is 0 Å². The molecule has 13 heteroatoms. The number of aryl methyl sites for hydroxylation is 2. The van der Waals surface area contributed by atoms with E-state index in [1.807, 2.05) is 32.0 Å². The van der Waals surface area contributed by atoms with Gasteiger partial charge in [0.25, 0.3) is 15.9 Å². The topological polar surface area (TPSA) is 131 Å². The van der Waals surface area contributed by atoms with Crippen LogP contribution in [0.1, 0.15) is 81.0 Å². The minimum Gasteiger partial charge on any atom is -0.475 e. The summed E-state index contributed by atoms with van der Waals surface area (Å²) < 4.78 is 51.0. The van der Waals surface area contributed by atoms with E-state index in [2.05, 4.69) is 24.6 Å². The SMILES string of the molecule is Cc1cccc(C)c1-c1cc2nc(n1)NS(=O)(=O)c1cccc(c1)C(=O)N(Cc1cncc(N3CCCCC3)n1)C(CCCC(C)(C)F)CO2.[HH]. The van der Waals surface area contributed by atoms with Crippen molar-refractivity contribution < 1.29 is 23.8 Å². The number of ether oxygens (including phenoxy) is 1. The molecule has 4 heterocycles. The number of sulfonamides is 1. The van der Waals surface area contributed by atoms with Gasteiger partial charge < -0.3 is 14.5 Å². The lowest BCUT2D eigenvalue weighted by Crippen LogP contribution is -2.44. The second-order valence-corrected chi connectivity index (χ2v) is 15.4. The first-order chi connectivity index (χ1) is 23.9. The number of carbonyl (C=O) groups excluding carboxylic acids is 1. The summed E-state index contributed by atoms with van der Waals surface area (Å²) in [6, 6.07) is 12.9. The highest BCUT2D eigenvalue weighted by atomic mass is 32.2. The molecule has 2 aromatic carbocycles. The predicted octanol–water partition coefficient (Wildman–Crippen LogP) is 6.91. The molecule has 4 bridgehead atoms. The van der Waals surface area contributed by atoms with Crippen LogP contribution < -0.4 is 14.4 Å². The first-order valence-corrected chi connectivity index (χ1v) is 18.6. The summed E-state index contributed by atoms with van der Waals surface area (Å²) in [6.07, 6.45) is 7.87. The normalized spacial score (nSPS) is 17.9. The Hall–Kier alpha value is -4.65. The molecule has 2 aliphatic rings. The molecule has 1 amide bonds. The Balaban J connectivity index is 0.00000504. The molecular formula is C37H46FN7O4S. The van der Waals surface area contributed by atoms with Gasteiger partial charge in [-0.05, 0) is 95.5 Å². The molecule has 1 N–H and O–H groups in total. The van der Waals surface area contributed by atoms with Gasteiger partial charge >= 0.3 is 0 Å². The van der Waals surface area contributed by atoms with Crippen LogP contribution >= 0.6 is 0 Å². The first-order valence-electron chi connectivity index (χ1n) is 17.1. The maximum atomic E-state index is 14.7. The predicted molar refractivity (Wildman–Crippen MR) is 193 cm³/mol. The van der Waals surface area contributed by atoms with Crippen LogP contribution in [0.3, 0.4) is 0 Å². The number of hydrogen-bond donors (Lipinski definition) is 1. The number of benzene rings is 2. The Morgan fingerprint density at radius 3 is 2.48 bits per heavy atom. The lowest BCUT2D eigenvalue weighted by atomic mass is 9.99. The average Bonchev–Trinajstić information content (AvgIpc) is 3.08. The molecule has 4 aromatic rings. The molecule has 50 heavy (non-hydrogen) atoms. The van der Waals surface area contributed by atoms with Crippen LogP contribution in [0.25, 0.3) is 11.3 Å². The van der Waals surface area contributed by atoms with E-state index < -0.39 is 27.6 Å². The summed E-state index contributed by atoms with van der Waals surface area (Å²) >= 11 is 0. The Morgan fingerprint density at radius 1 is 1.00 bits per heavy atom. The molecule has 1 atom stereocenters. The fraction of sp³-hybridized carbons (Fsp3) is 0.432. The van der Waals surface area contributed by atoms with E-state index in [-0.39, 0.29) is 43.3 Å². The van der Waals surface area contributed by atoms with Gasteiger partial charge in [-0.25, -0.2) is 27.5 Å². The summed E-state index contributed by atoms with van der Waals surface area (Å²) in [4.78, 5) is 36.6. The molecule has 0 radical (unpaired) electrons. The quantitative estimate of drug-likeness (QED) is 0.208. The number of alkyl halides is 1. The minimum atomic E-state index is -4.21. The molecule has 11 nitrogen and oxygen atoms in total. The third-order valence-electron chi connectivity index (χ3n) is 9.17. The maximum absolute atomic E-state index is 14.7. The zero-order valence-electron chi connectivity index (χ0n) is 29.0. The number of piperidine rings is 1. The van der Waals surface area contributed by atoms with E-state index in [0.29, 0.717) is 24.2 Å². The smallest absolute Gasteiger partial charge is 0.264 e. The highest BCUT2D eigenvalue weighted by molar-refractivity contribution is 7.92. The average molecular weight is 704 g/mol. The number of fused-ring (bicyclic) bond motifs is 4. The molecule has 0 aliphatic carbocycles. The van der Waals surface area contributed by atoms with Gasteiger partial charge in [0.2, 0.25) is 11.8 Å². The zero-order chi connectivity index (χ0) is 35.5. The largest absolute Gasteiger partial charge is 0.475 e. The number of rotatable bonds is 8. The summed E-state index contributed by atoms with van der Waals surface area (Å²) in [5, 5.41) is 0. The summed E-state index contributed by atoms with van der Waals surface area (Å²) in [7, 11) is -4.21. The maximum Gasteiger partial charge on any atom is 0.264 e. The van der Waals surface area contributed by atoms with Crippen LogP contribution in [0.4, 0.5) is 16.2 Å². The van der Waals surface area contributed by atoms with E-state index in [4.69, 9.17) is 9.72 Å². The second kappa shape index (κ2) is 14.7. The van der Waals surface area contributed by atoms with E-state index >= 15 is 0 Å². The van der Waals surface area contributed by atoms with Crippen molar-refractivity contribution in [1.29, 1.82) is 0 Å². The minimum absolute atomic E-state index is 0. The van der Waals surface area contributed by atoms with Crippen molar-refractivity contribution >= 4 is 27.7 Å². The number of anilines is 2. The van der Waals surface area contributed by atoms with Crippen molar-refractivity contribution in [3.05, 3.63) is 83.3 Å². The van der Waals surface area contributed by atoms with E-state index in [1.54, 1.807) is 29.4 Å². The van der Waals surface area contributed by atoms with Gasteiger partial charge in [-0.3, -0.25) is 9.78 Å². The van der Waals surface area contributed by atoms with Crippen LogP contribution in [0.15, 0.2) is 65.8 Å². The number of carbonyl (C=O) groups is 1. The Labute approximate surface area is 294 Å². The van der Waals surface area contributed by atoms with Crippen LogP contribution in [0, 0.1) is 13.8 Å². The molecule has 6 rings (SSSR count). The molecule has 0 saturated carbocycles. The molecule has 1 fully saturated rings. The fourth-order valence-electron chi connectivity index (χ4n) is 6.59. The zero-order valence-corrected chi connectivity index (χ0v) is 29.8. The molecule has 0 spiro atoms. The third kappa shape index (κ3) is 8.38. The molecule has 1 unspecified atom stereocenters. The third-order valence-corrected chi connectivity index (χ3v) is 10.5. The van der Waals surface area contributed by atoms with Crippen molar-refractivity contribution in [3.8, 4) is 17.1 Å². The van der Waals surface area contributed by atoms with Crippen molar-refractivity contribution in [1.82, 2.24) is 24.8 Å². The Bertz CT molecular complexity index is 1950. The molecule has 2 aromatic heterocycles. The molecule has 2 aliphatic heterocycles. The van der Waals surface area contributed by atoms with Gasteiger partial charge in [0.05, 0.1) is 41.3 Å². The van der Waals surface area contributed by atoms with Gasteiger partial charge in [-0.1, -0.05) is 24.3 Å². The van der Waals surface area contributed by atoms with E-state index in [9.17, 15) is 17.6 Å². The number of nitrogens with zero attached hydrogens (tertiary/aromatic N) is 6. The van der Waals surface area contributed by atoms with E-state index in [1.165, 1.54) is 38.5 Å². The van der Waals surface area contributed by atoms with Crippen LogP contribution in [-0.2, 0) is 16.6 Å². The van der Waals surface area contributed by atoms with E-state index in [0.717, 1.165) is 48.4 Å². The summed E-state index contributed by atoms with van der Waals surface area (Å²) in [6.45, 7) is 8.85. The highest BCUT2D eigenvalue weighted by Crippen LogP contribution is 2.31. The van der Waals surface area contributed by atoms with Gasteiger partial charge in [0.15, 0.2) is 0 Å². The molecular weight excluding hydrogens is 658 g/mol. The summed E-state index contributed by atoms with van der Waals surface area (Å²) in [5.41, 5.74) is 2.57. The lowest BCUT2D eigenvalue weighted by molar-refractivity contribution is 0.0557. The molecule has 266 valence electrons. The van der Waals surface area contributed by atoms with Crippen molar-refractivity contribution in [2.75, 3.05) is 29.3 Å². The van der Waals surface area contributed by atoms with Crippen molar-refractivity contribution in [2.45, 2.75) is 89.4 Å². The number of amides is 1. The van der Waals surface area contributed by atoms with Crippen LogP contribution in [0.2, 0.25) is 0 Å². The fourth-order valence-corrected chi connectivity index (χ4v) is 7.58. The number of hydrogen-bond acceptors (Lipinski definition) is 9. The van der Waals surface area contributed by atoms with Crippen LogP contribution in [0.5, 0.6) is 5.88 Å². The first kappa shape index (κ1) is 35.2. The van der Waals surface area contributed by atoms with Gasteiger partial charge in [0.1, 0.15) is 18.1 Å². The Morgan fingerprint density at radius 2 is 1.74 bits per heavy atom. The Kier molecular flexibility index (Phi) is 10.3. The van der Waals surface area contributed by atoms with Crippen LogP contribution in [-0.4, -0.2) is 70.6 Å². The highest BCUT2D eigenvalue weighted by Gasteiger charge is 2.30. The van der Waals surface area contributed by atoms with Gasteiger partial charge in [-0.2, -0.15) is 4.98 Å². The lowest BCUT2D eigenvalue weighted by Gasteiger charge is -2.33. The van der Waals surface area contributed by atoms with Gasteiger partial charge in [0, 0.05) is 31.7 Å². The molecule has 1 saturated heterocycles. The monoisotopic (exact) mass is 703 g/mol. The standard InChI is InChI=1S/C37H44FN7O4S.H2/c1-25-11-8-12-26(2)34(25)31-20-33-42-36(41-31)43-50(47,48)30-15-9-13-27(19-30)35(46)45(29(24-49-33)14-10-16-37(3,4)38)23-28-21-39-22-32(40-28)44-17-6-5-7-18-44;/h8-9,11-13,15,19-22,29H,5-7,10,14,16-18,23-24H2,1-4H3,(H,41,42,43);1H. The number of halogens is 1. The number of nitrogens with one attached hydrogen (secondary N) is 1.